The van der Waals surface area contributed by atoms with Crippen molar-refractivity contribution in [3.8, 4) is 5.75 Å². The van der Waals surface area contributed by atoms with Gasteiger partial charge in [-0.2, -0.15) is 0 Å². The first-order chi connectivity index (χ1) is 7.65. The van der Waals surface area contributed by atoms with Crippen molar-refractivity contribution in [2.75, 3.05) is 5.73 Å². The number of anilines is 1. The smallest absolute Gasteiger partial charge is 0.138 e. The fourth-order valence-electron chi connectivity index (χ4n) is 1.66. The molecule has 0 saturated heterocycles. The van der Waals surface area contributed by atoms with Gasteiger partial charge in [-0.1, -0.05) is 35.9 Å². The van der Waals surface area contributed by atoms with Gasteiger partial charge < -0.3 is 10.8 Å². The number of aryl methyl sites for hydroxylation is 1. The number of hydrogen-bond donors (Lipinski definition) is 2. The molecule has 2 aromatic rings. The van der Waals surface area contributed by atoms with Crippen molar-refractivity contribution in [3.63, 3.8) is 0 Å². The average molecular weight is 213 g/mol. The van der Waals surface area contributed by atoms with Gasteiger partial charge in [0.25, 0.3) is 0 Å². The molecule has 3 N–H and O–H groups in total. The number of aromatic hydroxyl groups is 1. The van der Waals surface area contributed by atoms with Crippen molar-refractivity contribution >= 4 is 5.69 Å². The molecule has 0 heterocycles. The zero-order valence-corrected chi connectivity index (χ0v) is 9.27. The van der Waals surface area contributed by atoms with Crippen LogP contribution in [0.25, 0.3) is 0 Å². The van der Waals surface area contributed by atoms with E-state index >= 15 is 0 Å². The third-order valence-electron chi connectivity index (χ3n) is 2.62. The standard InChI is InChI=1S/C14H15NO/c1-10-2-4-11(5-3-10)8-12-6-7-14(16)13(15)9-12/h2-7,9,16H,8,15H2,1H3. The molecule has 0 amide bonds. The van der Waals surface area contributed by atoms with Crippen LogP contribution in [0, 0.1) is 6.92 Å². The molecular formula is C14H15NO. The Hall–Kier alpha value is -1.96. The molecule has 0 aliphatic rings. The average Bonchev–Trinajstić information content (AvgIpc) is 2.27. The van der Waals surface area contributed by atoms with Gasteiger partial charge in [0, 0.05) is 0 Å². The van der Waals surface area contributed by atoms with E-state index in [1.54, 1.807) is 6.07 Å². The lowest BCUT2D eigenvalue weighted by Crippen LogP contribution is -1.91. The molecule has 0 radical (unpaired) electrons. The Kier molecular flexibility index (Phi) is 2.82. The van der Waals surface area contributed by atoms with Gasteiger partial charge in [0.05, 0.1) is 5.69 Å². The first kappa shape index (κ1) is 10.6. The monoisotopic (exact) mass is 213 g/mol. The number of phenolic OH excluding ortho intramolecular Hbond substituents is 1. The molecule has 0 aliphatic carbocycles. The lowest BCUT2D eigenvalue weighted by atomic mass is 10.0. The fourth-order valence-corrected chi connectivity index (χ4v) is 1.66. The summed E-state index contributed by atoms with van der Waals surface area (Å²) in [6.45, 7) is 2.07. The quantitative estimate of drug-likeness (QED) is 0.595. The van der Waals surface area contributed by atoms with Gasteiger partial charge in [-0.15, -0.1) is 0 Å². The summed E-state index contributed by atoms with van der Waals surface area (Å²) < 4.78 is 0. The van der Waals surface area contributed by atoms with Crippen LogP contribution in [-0.2, 0) is 6.42 Å². The highest BCUT2D eigenvalue weighted by molar-refractivity contribution is 5.53. The van der Waals surface area contributed by atoms with Gasteiger partial charge in [-0.3, -0.25) is 0 Å². The predicted octanol–water partition coefficient (Wildman–Crippen LogP) is 2.87. The van der Waals surface area contributed by atoms with Crippen LogP contribution in [0.5, 0.6) is 5.75 Å². The Morgan fingerprint density at radius 3 is 2.25 bits per heavy atom. The van der Waals surface area contributed by atoms with Gasteiger partial charge in [-0.05, 0) is 36.6 Å². The maximum atomic E-state index is 9.32. The molecule has 2 nitrogen and oxygen atoms in total. The number of nitrogens with two attached hydrogens (primary N) is 1. The minimum Gasteiger partial charge on any atom is -0.506 e. The van der Waals surface area contributed by atoms with E-state index < -0.39 is 0 Å². The van der Waals surface area contributed by atoms with Crippen LogP contribution < -0.4 is 5.73 Å². The Morgan fingerprint density at radius 1 is 1.00 bits per heavy atom. The van der Waals surface area contributed by atoms with Gasteiger partial charge in [0.15, 0.2) is 0 Å². The van der Waals surface area contributed by atoms with Crippen LogP contribution in [0.4, 0.5) is 5.69 Å². The lowest BCUT2D eigenvalue weighted by molar-refractivity contribution is 0.478. The van der Waals surface area contributed by atoms with Crippen molar-refractivity contribution in [3.05, 3.63) is 59.2 Å². The van der Waals surface area contributed by atoms with E-state index in [1.165, 1.54) is 11.1 Å². The first-order valence-electron chi connectivity index (χ1n) is 5.28. The number of rotatable bonds is 2. The normalized spacial score (nSPS) is 10.3. The molecule has 2 aromatic carbocycles. The number of phenols is 1. The SMILES string of the molecule is Cc1ccc(Cc2ccc(O)c(N)c2)cc1. The molecule has 82 valence electrons. The third kappa shape index (κ3) is 2.34. The molecule has 16 heavy (non-hydrogen) atoms. The van der Waals surface area contributed by atoms with E-state index in [9.17, 15) is 5.11 Å². The third-order valence-corrected chi connectivity index (χ3v) is 2.62. The molecule has 0 atom stereocenters. The minimum absolute atomic E-state index is 0.146. The summed E-state index contributed by atoms with van der Waals surface area (Å²) in [6.07, 6.45) is 0.838. The Labute approximate surface area is 95.4 Å². The minimum atomic E-state index is 0.146. The molecular weight excluding hydrogens is 198 g/mol. The van der Waals surface area contributed by atoms with Crippen molar-refractivity contribution in [1.82, 2.24) is 0 Å². The molecule has 0 spiro atoms. The van der Waals surface area contributed by atoms with Crippen molar-refractivity contribution < 1.29 is 5.11 Å². The van der Waals surface area contributed by atoms with E-state index in [0.29, 0.717) is 5.69 Å². The van der Waals surface area contributed by atoms with Gasteiger partial charge >= 0.3 is 0 Å². The van der Waals surface area contributed by atoms with Crippen LogP contribution in [0.3, 0.4) is 0 Å². The van der Waals surface area contributed by atoms with E-state index in [4.69, 9.17) is 5.73 Å². The van der Waals surface area contributed by atoms with Crippen LogP contribution in [-0.4, -0.2) is 5.11 Å². The molecule has 0 aliphatic heterocycles. The second kappa shape index (κ2) is 4.27. The number of benzene rings is 2. The Morgan fingerprint density at radius 2 is 1.62 bits per heavy atom. The van der Waals surface area contributed by atoms with E-state index in [1.807, 2.05) is 12.1 Å². The van der Waals surface area contributed by atoms with E-state index in [0.717, 1.165) is 12.0 Å². The second-order valence-electron chi connectivity index (χ2n) is 4.06. The molecule has 0 bridgehead atoms. The topological polar surface area (TPSA) is 46.2 Å². The maximum Gasteiger partial charge on any atom is 0.138 e. The fraction of sp³-hybridized carbons (Fsp3) is 0.143. The first-order valence-corrected chi connectivity index (χ1v) is 5.28. The highest BCUT2D eigenvalue weighted by Crippen LogP contribution is 2.22. The van der Waals surface area contributed by atoms with E-state index in [-0.39, 0.29) is 5.75 Å². The Balaban J connectivity index is 2.20. The summed E-state index contributed by atoms with van der Waals surface area (Å²) in [7, 11) is 0. The summed E-state index contributed by atoms with van der Waals surface area (Å²) in [6, 6.07) is 13.8. The highest BCUT2D eigenvalue weighted by Gasteiger charge is 2.00. The zero-order chi connectivity index (χ0) is 11.5. The largest absolute Gasteiger partial charge is 0.506 e. The summed E-state index contributed by atoms with van der Waals surface area (Å²) >= 11 is 0. The van der Waals surface area contributed by atoms with Crippen molar-refractivity contribution in [1.29, 1.82) is 0 Å². The van der Waals surface area contributed by atoms with Gasteiger partial charge in [0.2, 0.25) is 0 Å². The maximum absolute atomic E-state index is 9.32. The second-order valence-corrected chi connectivity index (χ2v) is 4.06. The summed E-state index contributed by atoms with van der Waals surface area (Å²) in [5.74, 6) is 0.146. The van der Waals surface area contributed by atoms with Crippen molar-refractivity contribution in [2.45, 2.75) is 13.3 Å². The summed E-state index contributed by atoms with van der Waals surface area (Å²) in [5, 5.41) is 9.32. The number of nitrogen functional groups attached to an aromatic ring is 1. The summed E-state index contributed by atoms with van der Waals surface area (Å²) in [5.41, 5.74) is 9.70. The molecule has 2 rings (SSSR count). The van der Waals surface area contributed by atoms with E-state index in [2.05, 4.69) is 31.2 Å². The van der Waals surface area contributed by atoms with Crippen LogP contribution in [0.2, 0.25) is 0 Å². The molecule has 0 saturated carbocycles. The predicted molar refractivity (Wildman–Crippen MR) is 66.5 cm³/mol. The molecule has 2 heteroatoms. The Bertz CT molecular complexity index is 489. The molecule has 0 unspecified atom stereocenters. The van der Waals surface area contributed by atoms with Crippen LogP contribution in [0.15, 0.2) is 42.5 Å². The zero-order valence-electron chi connectivity index (χ0n) is 9.27. The van der Waals surface area contributed by atoms with Crippen molar-refractivity contribution in [2.24, 2.45) is 0 Å². The molecule has 0 fully saturated rings. The summed E-state index contributed by atoms with van der Waals surface area (Å²) in [4.78, 5) is 0. The van der Waals surface area contributed by atoms with Gasteiger partial charge in [-0.25, -0.2) is 0 Å². The lowest BCUT2D eigenvalue weighted by Gasteiger charge is -2.05. The van der Waals surface area contributed by atoms with Crippen LogP contribution in [0.1, 0.15) is 16.7 Å². The van der Waals surface area contributed by atoms with Gasteiger partial charge in [0.1, 0.15) is 5.75 Å². The highest BCUT2D eigenvalue weighted by atomic mass is 16.3. The molecule has 0 aromatic heterocycles. The van der Waals surface area contributed by atoms with Crippen LogP contribution >= 0.6 is 0 Å². The number of hydrogen-bond acceptors (Lipinski definition) is 2.